The fourth-order valence-electron chi connectivity index (χ4n) is 3.81. The monoisotopic (exact) mass is 386 g/mol. The summed E-state index contributed by atoms with van der Waals surface area (Å²) in [6.45, 7) is 2.06. The van der Waals surface area contributed by atoms with Gasteiger partial charge in [-0.3, -0.25) is 10.0 Å². The van der Waals surface area contributed by atoms with Gasteiger partial charge in [-0.1, -0.05) is 6.92 Å². The Morgan fingerprint density at radius 3 is 2.37 bits per heavy atom. The van der Waals surface area contributed by atoms with E-state index in [0.29, 0.717) is 18.8 Å². The van der Waals surface area contributed by atoms with Crippen LogP contribution in [-0.4, -0.2) is 39.1 Å². The molecule has 8 heteroatoms. The normalized spacial score (nSPS) is 26.3. The summed E-state index contributed by atoms with van der Waals surface area (Å²) in [5.41, 5.74) is 6.46. The molecular formula is C19H28F2N2O4. The first-order chi connectivity index (χ1) is 12.6. The topological polar surface area (TPSA) is 116 Å². The van der Waals surface area contributed by atoms with E-state index < -0.39 is 41.2 Å². The molecule has 152 valence electrons. The van der Waals surface area contributed by atoms with Gasteiger partial charge >= 0.3 is 0 Å². The van der Waals surface area contributed by atoms with Crippen LogP contribution in [0.1, 0.15) is 44.6 Å². The number of aliphatic hydroxyl groups is 2. The molecule has 1 amide bonds. The first-order valence-corrected chi connectivity index (χ1v) is 9.19. The van der Waals surface area contributed by atoms with E-state index in [1.165, 1.54) is 0 Å². The van der Waals surface area contributed by atoms with Gasteiger partial charge < -0.3 is 15.9 Å². The van der Waals surface area contributed by atoms with Crippen molar-refractivity contribution in [3.05, 3.63) is 35.4 Å². The number of carbonyl (C=O) groups excluding carboxylic acids is 1. The molecule has 0 aliphatic heterocycles. The van der Waals surface area contributed by atoms with Crippen LogP contribution in [0.3, 0.4) is 0 Å². The first kappa shape index (κ1) is 21.7. The van der Waals surface area contributed by atoms with Gasteiger partial charge in [0, 0.05) is 12.1 Å². The predicted molar refractivity (Wildman–Crippen MR) is 94.7 cm³/mol. The van der Waals surface area contributed by atoms with Gasteiger partial charge in [0.2, 0.25) is 5.91 Å². The lowest BCUT2D eigenvalue weighted by Gasteiger charge is -2.41. The Bertz CT molecular complexity index is 630. The van der Waals surface area contributed by atoms with Crippen molar-refractivity contribution >= 4 is 5.91 Å². The second kappa shape index (κ2) is 9.05. The lowest BCUT2D eigenvalue weighted by Crippen LogP contribution is -2.51. The van der Waals surface area contributed by atoms with Crippen molar-refractivity contribution in [2.45, 2.75) is 63.2 Å². The fourth-order valence-corrected chi connectivity index (χ4v) is 3.81. The minimum absolute atomic E-state index is 0.00122. The largest absolute Gasteiger partial charge is 0.391 e. The zero-order chi connectivity index (χ0) is 20.2. The van der Waals surface area contributed by atoms with Crippen molar-refractivity contribution in [2.24, 2.45) is 17.6 Å². The minimum Gasteiger partial charge on any atom is -0.391 e. The number of aliphatic hydroxyl groups excluding tert-OH is 1. The number of nitrogens with two attached hydrogens (primary N) is 1. The molecule has 0 saturated heterocycles. The van der Waals surface area contributed by atoms with Crippen LogP contribution in [0.4, 0.5) is 8.78 Å². The predicted octanol–water partition coefficient (Wildman–Crippen LogP) is 1.65. The van der Waals surface area contributed by atoms with Gasteiger partial charge in [-0.2, -0.15) is 0 Å². The van der Waals surface area contributed by atoms with Gasteiger partial charge in [-0.15, -0.1) is 0 Å². The summed E-state index contributed by atoms with van der Waals surface area (Å²) >= 11 is 0. The van der Waals surface area contributed by atoms with Crippen molar-refractivity contribution in [1.82, 2.24) is 5.48 Å². The van der Waals surface area contributed by atoms with Crippen molar-refractivity contribution in [3.63, 3.8) is 0 Å². The van der Waals surface area contributed by atoms with E-state index in [4.69, 9.17) is 10.9 Å². The van der Waals surface area contributed by atoms with Crippen molar-refractivity contribution in [1.29, 1.82) is 0 Å². The first-order valence-electron chi connectivity index (χ1n) is 9.19. The summed E-state index contributed by atoms with van der Waals surface area (Å²) in [5, 5.41) is 30.4. The average Bonchev–Trinajstić information content (AvgIpc) is 2.60. The molecule has 1 aromatic rings. The second-order valence-corrected chi connectivity index (χ2v) is 7.76. The van der Waals surface area contributed by atoms with Crippen LogP contribution in [0.15, 0.2) is 18.2 Å². The summed E-state index contributed by atoms with van der Waals surface area (Å²) in [6, 6.07) is 2.10. The maximum absolute atomic E-state index is 13.3. The Morgan fingerprint density at radius 1 is 1.30 bits per heavy atom. The SMILES string of the molecule is CC1CCC(O)(C(CC(O)C(N)Cc2cc(F)cc(F)c2)C(=O)NO)CC1. The van der Waals surface area contributed by atoms with Crippen LogP contribution in [-0.2, 0) is 11.2 Å². The maximum Gasteiger partial charge on any atom is 0.249 e. The molecule has 2 rings (SSSR count). The van der Waals surface area contributed by atoms with Gasteiger partial charge in [-0.25, -0.2) is 14.3 Å². The zero-order valence-corrected chi connectivity index (χ0v) is 15.4. The molecule has 1 aliphatic carbocycles. The molecular weight excluding hydrogens is 358 g/mol. The molecule has 3 unspecified atom stereocenters. The molecule has 0 radical (unpaired) electrons. The second-order valence-electron chi connectivity index (χ2n) is 7.76. The van der Waals surface area contributed by atoms with Crippen molar-refractivity contribution < 1.29 is 29.0 Å². The van der Waals surface area contributed by atoms with E-state index in [9.17, 15) is 23.8 Å². The third-order valence-corrected chi connectivity index (χ3v) is 5.58. The number of carbonyl (C=O) groups is 1. The number of amides is 1. The number of hydrogen-bond donors (Lipinski definition) is 5. The molecule has 6 nitrogen and oxygen atoms in total. The van der Waals surface area contributed by atoms with Crippen LogP contribution in [0.2, 0.25) is 0 Å². The third kappa shape index (κ3) is 5.68. The van der Waals surface area contributed by atoms with Crippen LogP contribution in [0.5, 0.6) is 0 Å². The van der Waals surface area contributed by atoms with E-state index in [0.717, 1.165) is 31.0 Å². The molecule has 3 atom stereocenters. The smallest absolute Gasteiger partial charge is 0.249 e. The molecule has 1 fully saturated rings. The lowest BCUT2D eigenvalue weighted by atomic mass is 9.70. The van der Waals surface area contributed by atoms with Crippen LogP contribution in [0, 0.1) is 23.5 Å². The van der Waals surface area contributed by atoms with E-state index in [-0.39, 0.29) is 18.4 Å². The summed E-state index contributed by atoms with van der Waals surface area (Å²) in [7, 11) is 0. The van der Waals surface area contributed by atoms with E-state index >= 15 is 0 Å². The molecule has 0 spiro atoms. The number of halogens is 2. The molecule has 0 bridgehead atoms. The number of hydrogen-bond acceptors (Lipinski definition) is 5. The zero-order valence-electron chi connectivity index (χ0n) is 15.4. The Balaban J connectivity index is 2.08. The Hall–Kier alpha value is -1.61. The maximum atomic E-state index is 13.3. The molecule has 0 heterocycles. The van der Waals surface area contributed by atoms with Gasteiger partial charge in [-0.05, 0) is 62.1 Å². The molecule has 0 aromatic heterocycles. The van der Waals surface area contributed by atoms with Crippen LogP contribution < -0.4 is 11.2 Å². The van der Waals surface area contributed by atoms with Gasteiger partial charge in [0.1, 0.15) is 11.6 Å². The summed E-state index contributed by atoms with van der Waals surface area (Å²) in [5.74, 6) is -2.88. The summed E-state index contributed by atoms with van der Waals surface area (Å²) < 4.78 is 26.6. The quantitative estimate of drug-likeness (QED) is 0.361. The highest BCUT2D eigenvalue weighted by molar-refractivity contribution is 5.78. The Kier molecular flexibility index (Phi) is 7.27. The van der Waals surface area contributed by atoms with Crippen molar-refractivity contribution in [3.8, 4) is 0 Å². The van der Waals surface area contributed by atoms with Crippen LogP contribution >= 0.6 is 0 Å². The fraction of sp³-hybridized carbons (Fsp3) is 0.632. The lowest BCUT2D eigenvalue weighted by molar-refractivity contribution is -0.150. The number of benzene rings is 1. The standard InChI is InChI=1S/C19H28F2N2O4/c1-11-2-4-19(26,5-3-11)15(18(25)23-27)10-17(24)16(22)8-12-6-13(20)9-14(21)7-12/h6-7,9,11,15-17,24,26-27H,2-5,8,10,22H2,1H3,(H,23,25). The van der Waals surface area contributed by atoms with E-state index in [1.54, 1.807) is 5.48 Å². The Labute approximate surface area is 157 Å². The molecule has 1 saturated carbocycles. The summed E-state index contributed by atoms with van der Waals surface area (Å²) in [6.07, 6.45) is 0.844. The summed E-state index contributed by atoms with van der Waals surface area (Å²) in [4.78, 5) is 12.1. The highest BCUT2D eigenvalue weighted by Crippen LogP contribution is 2.39. The Morgan fingerprint density at radius 2 is 1.85 bits per heavy atom. The molecule has 1 aromatic carbocycles. The number of hydroxylamine groups is 1. The number of rotatable bonds is 7. The molecule has 27 heavy (non-hydrogen) atoms. The van der Waals surface area contributed by atoms with Crippen molar-refractivity contribution in [2.75, 3.05) is 0 Å². The number of nitrogens with one attached hydrogen (secondary N) is 1. The third-order valence-electron chi connectivity index (χ3n) is 5.58. The van der Waals surface area contributed by atoms with Gasteiger partial charge in [0.15, 0.2) is 0 Å². The minimum atomic E-state index is -1.34. The van der Waals surface area contributed by atoms with Gasteiger partial charge in [0.05, 0.1) is 17.6 Å². The van der Waals surface area contributed by atoms with Gasteiger partial charge in [0.25, 0.3) is 0 Å². The van der Waals surface area contributed by atoms with E-state index in [2.05, 4.69) is 6.92 Å². The molecule has 1 aliphatic rings. The average molecular weight is 386 g/mol. The highest BCUT2D eigenvalue weighted by atomic mass is 19.1. The highest BCUT2D eigenvalue weighted by Gasteiger charge is 2.44. The van der Waals surface area contributed by atoms with Crippen LogP contribution in [0.25, 0.3) is 0 Å². The molecule has 6 N–H and O–H groups in total. The van der Waals surface area contributed by atoms with E-state index in [1.807, 2.05) is 0 Å².